The molecule has 4 nitrogen and oxygen atoms in total. The molecule has 1 aromatic carbocycles. The zero-order valence-electron chi connectivity index (χ0n) is 12.2. The minimum atomic E-state index is -0.471. The van der Waals surface area contributed by atoms with Crippen molar-refractivity contribution < 1.29 is 9.21 Å². The van der Waals surface area contributed by atoms with Gasteiger partial charge in [0.05, 0.1) is 12.1 Å². The molecule has 0 aliphatic carbocycles. The van der Waals surface area contributed by atoms with Crippen LogP contribution < -0.4 is 11.1 Å². The first-order valence-electron chi connectivity index (χ1n) is 7.01. The van der Waals surface area contributed by atoms with Crippen molar-refractivity contribution in [2.45, 2.75) is 39.3 Å². The molecule has 0 bridgehead atoms. The molecule has 0 fully saturated rings. The standard InChI is InChI=1S/C16H22N2O2/c1-10(2)8-13(17)16(19)18-11(3)15-9-12-6-4-5-7-14(12)20-15/h4-7,9-11,13H,8,17H2,1-3H3,(H,18,19). The maximum Gasteiger partial charge on any atom is 0.237 e. The van der Waals surface area contributed by atoms with Crippen molar-refractivity contribution >= 4 is 16.9 Å². The van der Waals surface area contributed by atoms with Gasteiger partial charge in [-0.1, -0.05) is 32.0 Å². The van der Waals surface area contributed by atoms with Gasteiger partial charge < -0.3 is 15.5 Å². The molecule has 2 aromatic rings. The molecule has 1 aromatic heterocycles. The van der Waals surface area contributed by atoms with Crippen molar-refractivity contribution in [3.8, 4) is 0 Å². The SMILES string of the molecule is CC(C)CC(N)C(=O)NC(C)c1cc2ccccc2o1. The number of carbonyl (C=O) groups is 1. The highest BCUT2D eigenvalue weighted by atomic mass is 16.3. The third-order valence-corrected chi connectivity index (χ3v) is 3.29. The summed E-state index contributed by atoms with van der Waals surface area (Å²) in [5.74, 6) is 1.01. The lowest BCUT2D eigenvalue weighted by Crippen LogP contribution is -2.42. The second kappa shape index (κ2) is 6.09. The van der Waals surface area contributed by atoms with Gasteiger partial charge in [0.25, 0.3) is 0 Å². The molecule has 4 heteroatoms. The van der Waals surface area contributed by atoms with E-state index in [1.165, 1.54) is 0 Å². The van der Waals surface area contributed by atoms with Gasteiger partial charge in [-0.2, -0.15) is 0 Å². The molecule has 0 spiro atoms. The van der Waals surface area contributed by atoms with Crippen LogP contribution in [0.25, 0.3) is 11.0 Å². The summed E-state index contributed by atoms with van der Waals surface area (Å²) in [6.07, 6.45) is 0.679. The van der Waals surface area contributed by atoms with Gasteiger partial charge in [0.1, 0.15) is 11.3 Å². The summed E-state index contributed by atoms with van der Waals surface area (Å²) in [4.78, 5) is 12.0. The molecule has 2 atom stereocenters. The van der Waals surface area contributed by atoms with E-state index in [2.05, 4.69) is 19.2 Å². The number of hydrogen-bond acceptors (Lipinski definition) is 3. The third kappa shape index (κ3) is 3.39. The van der Waals surface area contributed by atoms with Crippen LogP contribution in [-0.4, -0.2) is 11.9 Å². The average molecular weight is 274 g/mol. The number of para-hydroxylation sites is 1. The van der Waals surface area contributed by atoms with Gasteiger partial charge in [-0.3, -0.25) is 4.79 Å². The zero-order chi connectivity index (χ0) is 14.7. The molecule has 0 aliphatic heterocycles. The number of benzene rings is 1. The van der Waals surface area contributed by atoms with E-state index >= 15 is 0 Å². The number of carbonyl (C=O) groups excluding carboxylic acids is 1. The summed E-state index contributed by atoms with van der Waals surface area (Å²) in [7, 11) is 0. The second-order valence-corrected chi connectivity index (χ2v) is 5.65. The Bertz CT molecular complexity index is 556. The topological polar surface area (TPSA) is 68.3 Å². The Morgan fingerprint density at radius 1 is 1.30 bits per heavy atom. The lowest BCUT2D eigenvalue weighted by Gasteiger charge is -2.17. The van der Waals surface area contributed by atoms with Crippen LogP contribution in [0, 0.1) is 5.92 Å². The molecule has 0 aliphatic rings. The van der Waals surface area contributed by atoms with Gasteiger partial charge >= 0.3 is 0 Å². The highest BCUT2D eigenvalue weighted by molar-refractivity contribution is 5.82. The molecule has 1 amide bonds. The van der Waals surface area contributed by atoms with E-state index < -0.39 is 6.04 Å². The molecule has 1 heterocycles. The zero-order valence-corrected chi connectivity index (χ0v) is 12.2. The van der Waals surface area contributed by atoms with E-state index in [-0.39, 0.29) is 11.9 Å². The number of amides is 1. The Balaban J connectivity index is 2.04. The normalized spacial score (nSPS) is 14.4. The van der Waals surface area contributed by atoms with Crippen molar-refractivity contribution in [2.75, 3.05) is 0 Å². The summed E-state index contributed by atoms with van der Waals surface area (Å²) in [5.41, 5.74) is 6.71. The summed E-state index contributed by atoms with van der Waals surface area (Å²) >= 11 is 0. The molecular weight excluding hydrogens is 252 g/mol. The maximum atomic E-state index is 12.0. The van der Waals surface area contributed by atoms with Crippen molar-refractivity contribution in [3.63, 3.8) is 0 Å². The molecule has 0 saturated heterocycles. The number of nitrogens with two attached hydrogens (primary N) is 1. The van der Waals surface area contributed by atoms with Gasteiger partial charge in [-0.25, -0.2) is 0 Å². The van der Waals surface area contributed by atoms with E-state index in [0.717, 1.165) is 16.7 Å². The summed E-state index contributed by atoms with van der Waals surface area (Å²) in [6, 6.07) is 9.09. The summed E-state index contributed by atoms with van der Waals surface area (Å²) in [5, 5.41) is 3.94. The largest absolute Gasteiger partial charge is 0.459 e. The van der Waals surface area contributed by atoms with Crippen LogP contribution in [0.2, 0.25) is 0 Å². The van der Waals surface area contributed by atoms with Crippen molar-refractivity contribution in [1.29, 1.82) is 0 Å². The fraction of sp³-hybridized carbons (Fsp3) is 0.438. The van der Waals surface area contributed by atoms with Crippen LogP contribution in [0.1, 0.15) is 39.0 Å². The Hall–Kier alpha value is -1.81. The number of furan rings is 1. The highest BCUT2D eigenvalue weighted by Crippen LogP contribution is 2.23. The van der Waals surface area contributed by atoms with Crippen LogP contribution >= 0.6 is 0 Å². The smallest absolute Gasteiger partial charge is 0.237 e. The second-order valence-electron chi connectivity index (χ2n) is 5.65. The number of rotatable bonds is 5. The maximum absolute atomic E-state index is 12.0. The molecule has 0 saturated carbocycles. The summed E-state index contributed by atoms with van der Waals surface area (Å²) in [6.45, 7) is 6.00. The van der Waals surface area contributed by atoms with Crippen LogP contribution in [0.4, 0.5) is 0 Å². The number of hydrogen-bond donors (Lipinski definition) is 2. The van der Waals surface area contributed by atoms with Crippen LogP contribution in [0.3, 0.4) is 0 Å². The van der Waals surface area contributed by atoms with Gasteiger partial charge in [0, 0.05) is 5.39 Å². The molecule has 2 rings (SSSR count). The lowest BCUT2D eigenvalue weighted by atomic mass is 10.0. The monoisotopic (exact) mass is 274 g/mol. The molecular formula is C16H22N2O2. The Labute approximate surface area is 119 Å². The third-order valence-electron chi connectivity index (χ3n) is 3.29. The lowest BCUT2D eigenvalue weighted by molar-refractivity contribution is -0.123. The van der Waals surface area contributed by atoms with Crippen LogP contribution in [0.15, 0.2) is 34.7 Å². The van der Waals surface area contributed by atoms with Crippen LogP contribution in [-0.2, 0) is 4.79 Å². The van der Waals surface area contributed by atoms with Gasteiger partial charge in [0.2, 0.25) is 5.91 Å². The average Bonchev–Trinajstić information content (AvgIpc) is 2.81. The molecule has 2 unspecified atom stereocenters. The Morgan fingerprint density at radius 3 is 2.65 bits per heavy atom. The van der Waals surface area contributed by atoms with Gasteiger partial charge in [-0.05, 0) is 31.4 Å². The van der Waals surface area contributed by atoms with Crippen LogP contribution in [0.5, 0.6) is 0 Å². The quantitative estimate of drug-likeness (QED) is 0.880. The van der Waals surface area contributed by atoms with E-state index in [1.54, 1.807) is 0 Å². The van der Waals surface area contributed by atoms with Gasteiger partial charge in [-0.15, -0.1) is 0 Å². The Morgan fingerprint density at radius 2 is 2.00 bits per heavy atom. The van der Waals surface area contributed by atoms with E-state index in [4.69, 9.17) is 10.2 Å². The summed E-state index contributed by atoms with van der Waals surface area (Å²) < 4.78 is 5.74. The minimum Gasteiger partial charge on any atom is -0.459 e. The van der Waals surface area contributed by atoms with Crippen molar-refractivity contribution in [2.24, 2.45) is 11.7 Å². The van der Waals surface area contributed by atoms with E-state index in [9.17, 15) is 4.79 Å². The van der Waals surface area contributed by atoms with E-state index in [1.807, 2.05) is 37.3 Å². The first-order valence-corrected chi connectivity index (χ1v) is 7.01. The van der Waals surface area contributed by atoms with E-state index in [0.29, 0.717) is 12.3 Å². The van der Waals surface area contributed by atoms with Crippen molar-refractivity contribution in [1.82, 2.24) is 5.32 Å². The molecule has 0 radical (unpaired) electrons. The molecule has 3 N–H and O–H groups in total. The predicted octanol–water partition coefficient (Wildman–Crippen LogP) is 2.98. The highest BCUT2D eigenvalue weighted by Gasteiger charge is 2.19. The predicted molar refractivity (Wildman–Crippen MR) is 80.2 cm³/mol. The first-order chi connectivity index (χ1) is 9.47. The van der Waals surface area contributed by atoms with Gasteiger partial charge in [0.15, 0.2) is 0 Å². The Kier molecular flexibility index (Phi) is 4.45. The minimum absolute atomic E-state index is 0.133. The fourth-order valence-electron chi connectivity index (χ4n) is 2.22. The fourth-order valence-corrected chi connectivity index (χ4v) is 2.22. The number of nitrogens with one attached hydrogen (secondary N) is 1. The molecule has 108 valence electrons. The molecule has 20 heavy (non-hydrogen) atoms. The number of fused-ring (bicyclic) bond motifs is 1. The van der Waals surface area contributed by atoms with Crippen molar-refractivity contribution in [3.05, 3.63) is 36.1 Å². The first kappa shape index (κ1) is 14.6.